The first-order chi connectivity index (χ1) is 30.2. The van der Waals surface area contributed by atoms with E-state index in [-0.39, 0.29) is 35.1 Å². The molecule has 0 atom stereocenters. The van der Waals surface area contributed by atoms with E-state index in [4.69, 9.17) is 13.6 Å². The molecule has 12 nitrogen and oxygen atoms in total. The average molecular weight is 851 g/mol. The molecule has 12 rings (SSSR count). The fourth-order valence-electron chi connectivity index (χ4n) is 9.92. The number of pyridine rings is 2. The number of rotatable bonds is 2. The lowest BCUT2D eigenvalue weighted by Crippen LogP contribution is -2.73. The van der Waals surface area contributed by atoms with Gasteiger partial charge in [0.05, 0.1) is 33.6 Å². The molecule has 63 heavy (non-hydrogen) atoms. The van der Waals surface area contributed by atoms with Gasteiger partial charge in [0.15, 0.2) is 0 Å². The molecule has 4 aliphatic heterocycles. The van der Waals surface area contributed by atoms with Crippen molar-refractivity contribution in [1.82, 2.24) is 30.8 Å². The van der Waals surface area contributed by atoms with Gasteiger partial charge in [-0.25, -0.2) is 13.6 Å². The van der Waals surface area contributed by atoms with Crippen molar-refractivity contribution in [2.75, 3.05) is 26.2 Å². The second-order valence-electron chi connectivity index (χ2n) is 18.7. The maximum Gasteiger partial charge on any atom is 0.410 e. The van der Waals surface area contributed by atoms with Gasteiger partial charge in [-0.1, -0.05) is 24.3 Å². The number of aromatic nitrogens is 2. The summed E-state index contributed by atoms with van der Waals surface area (Å²) in [6.45, 7) is 7.79. The highest BCUT2D eigenvalue weighted by Gasteiger charge is 2.52. The minimum Gasteiger partial charge on any atom is -0.460 e. The average Bonchev–Trinajstić information content (AvgIpc) is 3.81. The highest BCUT2D eigenvalue weighted by molar-refractivity contribution is 6.02. The number of furan rings is 2. The summed E-state index contributed by atoms with van der Waals surface area (Å²) >= 11 is 0. The lowest BCUT2D eigenvalue weighted by atomic mass is 9.80. The van der Waals surface area contributed by atoms with E-state index in [1.54, 1.807) is 17.0 Å². The Balaban J connectivity index is 0.000000144. The zero-order chi connectivity index (χ0) is 43.4. The van der Waals surface area contributed by atoms with E-state index in [0.29, 0.717) is 72.0 Å². The van der Waals surface area contributed by atoms with Gasteiger partial charge in [0, 0.05) is 84.8 Å². The van der Waals surface area contributed by atoms with E-state index >= 15 is 0 Å². The Bertz CT molecular complexity index is 2920. The molecule has 0 radical (unpaired) electrons. The molecule has 4 aromatic heterocycles. The molecule has 0 unspecified atom stereocenters. The zero-order valence-corrected chi connectivity index (χ0v) is 35.0. The number of carbonyl (C=O) groups excluding carboxylic acids is 3. The number of halogens is 2. The molecule has 320 valence electrons. The standard InChI is InChI=1S/C27H26FN3O4.C22H18FN3O2/c1-26(2,3)35-25(33)31-13-27(14-31)11-21-22(24(32)30-27)18-8-7-16-12-29-20(10-19(16)23(18)34-21)15-5-4-6-17(28)9-15;23-14-3-1-2-12(6-14)17-7-16-13(9-25-17)4-5-15-19-18(28-20(15)16)8-22(10-24-11-22)26-21(19)27/h4-6,9-10,12H,7-8,11,13-14H2,1-3H3,(H,30,32);1-3,6-7,9,24H,4-5,8,10-11H2,(H,26,27). The number of hydrogen-bond donors (Lipinski definition) is 3. The minimum absolute atomic E-state index is 0.0318. The van der Waals surface area contributed by atoms with Gasteiger partial charge < -0.3 is 34.4 Å². The smallest absolute Gasteiger partial charge is 0.410 e. The summed E-state index contributed by atoms with van der Waals surface area (Å²) in [5, 5.41) is 9.54. The Kier molecular flexibility index (Phi) is 8.82. The highest BCUT2D eigenvalue weighted by Crippen LogP contribution is 2.45. The van der Waals surface area contributed by atoms with E-state index < -0.39 is 11.1 Å². The Morgan fingerprint density at radius 3 is 1.67 bits per heavy atom. The molecule has 6 aromatic rings. The highest BCUT2D eigenvalue weighted by atomic mass is 19.1. The van der Waals surface area contributed by atoms with Gasteiger partial charge in [0.25, 0.3) is 11.8 Å². The lowest BCUT2D eigenvalue weighted by Gasteiger charge is -2.51. The van der Waals surface area contributed by atoms with E-state index in [2.05, 4.69) is 25.9 Å². The molecule has 0 bridgehead atoms. The van der Waals surface area contributed by atoms with Crippen LogP contribution < -0.4 is 16.0 Å². The van der Waals surface area contributed by atoms with Crippen LogP contribution in [0, 0.1) is 11.6 Å². The molecule has 8 heterocycles. The van der Waals surface area contributed by atoms with Crippen molar-refractivity contribution in [3.63, 3.8) is 0 Å². The van der Waals surface area contributed by atoms with E-state index in [1.807, 2.05) is 57.4 Å². The number of nitrogens with one attached hydrogen (secondary N) is 3. The maximum atomic E-state index is 13.8. The molecule has 0 saturated carbocycles. The third-order valence-electron chi connectivity index (χ3n) is 12.9. The molecule has 3 N–H and O–H groups in total. The second kappa shape index (κ2) is 14.2. The number of nitrogens with zero attached hydrogens (tertiary/aromatic N) is 3. The summed E-state index contributed by atoms with van der Waals surface area (Å²) < 4.78 is 45.5. The summed E-state index contributed by atoms with van der Waals surface area (Å²) in [7, 11) is 0. The SMILES string of the molecule is CC(C)(C)OC(=O)N1CC2(Cc3oc4c(c3C(=O)N2)CCc2cnc(-c3cccc(F)c3)cc2-4)C1.O=C1NC2(CNC2)Cc2oc3c(c21)CCc1cnc(-c2cccc(F)c2)cc1-3. The first-order valence-corrected chi connectivity index (χ1v) is 21.4. The second-order valence-corrected chi connectivity index (χ2v) is 18.7. The maximum absolute atomic E-state index is 13.8. The largest absolute Gasteiger partial charge is 0.460 e. The van der Waals surface area contributed by atoms with E-state index in [0.717, 1.165) is 82.8 Å². The van der Waals surface area contributed by atoms with Crippen molar-refractivity contribution < 1.29 is 36.7 Å². The molecule has 6 aliphatic rings. The normalized spacial score (nSPS) is 18.1. The quantitative estimate of drug-likeness (QED) is 0.162. The minimum atomic E-state index is -0.574. The van der Waals surface area contributed by atoms with Gasteiger partial charge in [-0.3, -0.25) is 19.6 Å². The van der Waals surface area contributed by atoms with Crippen LogP contribution >= 0.6 is 0 Å². The van der Waals surface area contributed by atoms with Crippen molar-refractivity contribution in [2.45, 2.75) is 76.0 Å². The van der Waals surface area contributed by atoms with Gasteiger partial charge in [0.1, 0.15) is 40.3 Å². The first-order valence-electron chi connectivity index (χ1n) is 21.4. The summed E-state index contributed by atoms with van der Waals surface area (Å²) in [5.41, 5.74) is 8.62. The molecular weight excluding hydrogens is 807 g/mol. The molecule has 2 aliphatic carbocycles. The van der Waals surface area contributed by atoms with Crippen LogP contribution in [0.25, 0.3) is 45.2 Å². The zero-order valence-electron chi connectivity index (χ0n) is 35.0. The van der Waals surface area contributed by atoms with Crippen molar-refractivity contribution in [3.05, 3.63) is 130 Å². The summed E-state index contributed by atoms with van der Waals surface area (Å²) in [6.07, 6.45) is 7.51. The number of fused-ring (bicyclic) bond motifs is 10. The van der Waals surface area contributed by atoms with E-state index in [1.165, 1.54) is 24.3 Å². The van der Waals surface area contributed by atoms with Crippen LogP contribution in [0.15, 0.2) is 81.9 Å². The summed E-state index contributed by atoms with van der Waals surface area (Å²) in [5.74, 6) is 2.09. The number of carbonyl (C=O) groups is 3. The molecule has 2 saturated heterocycles. The lowest BCUT2D eigenvalue weighted by molar-refractivity contribution is -0.0179. The Hall–Kier alpha value is -6.67. The Morgan fingerprint density at radius 2 is 1.21 bits per heavy atom. The predicted octanol–water partition coefficient (Wildman–Crippen LogP) is 7.40. The van der Waals surface area contributed by atoms with Crippen molar-refractivity contribution in [1.29, 1.82) is 0 Å². The molecule has 2 aromatic carbocycles. The van der Waals surface area contributed by atoms with Crippen molar-refractivity contribution >= 4 is 17.9 Å². The van der Waals surface area contributed by atoms with Crippen molar-refractivity contribution in [2.24, 2.45) is 0 Å². The molecule has 3 amide bonds. The Labute approximate surface area is 361 Å². The third kappa shape index (κ3) is 6.78. The van der Waals surface area contributed by atoms with Crippen LogP contribution in [0.1, 0.15) is 75.3 Å². The topological polar surface area (TPSA) is 152 Å². The molecular formula is C49H44F2N6O6. The van der Waals surface area contributed by atoms with Gasteiger partial charge in [-0.15, -0.1) is 0 Å². The fourth-order valence-corrected chi connectivity index (χ4v) is 9.92. The van der Waals surface area contributed by atoms with Crippen LogP contribution in [-0.4, -0.2) is 75.6 Å². The van der Waals surface area contributed by atoms with Gasteiger partial charge in [-0.05, 0) is 94.0 Å². The van der Waals surface area contributed by atoms with Crippen LogP contribution in [0.5, 0.6) is 0 Å². The fraction of sp³-hybridized carbons (Fsp3) is 0.327. The summed E-state index contributed by atoms with van der Waals surface area (Å²) in [4.78, 5) is 49.1. The van der Waals surface area contributed by atoms with Gasteiger partial charge in [0.2, 0.25) is 0 Å². The number of hydrogen-bond acceptors (Lipinski definition) is 9. The van der Waals surface area contributed by atoms with Gasteiger partial charge >= 0.3 is 6.09 Å². The molecule has 2 fully saturated rings. The van der Waals surface area contributed by atoms with Crippen LogP contribution in [0.2, 0.25) is 0 Å². The first kappa shape index (κ1) is 39.2. The monoisotopic (exact) mass is 850 g/mol. The number of likely N-dealkylation sites (tertiary alicyclic amines) is 1. The number of aryl methyl sites for hydroxylation is 2. The number of ether oxygens (including phenoxy) is 1. The van der Waals surface area contributed by atoms with E-state index in [9.17, 15) is 23.2 Å². The number of benzene rings is 2. The summed E-state index contributed by atoms with van der Waals surface area (Å²) in [6, 6.07) is 16.6. The molecule has 14 heteroatoms. The van der Waals surface area contributed by atoms with Crippen molar-refractivity contribution in [3.8, 4) is 45.2 Å². The molecule has 2 spiro atoms. The van der Waals surface area contributed by atoms with Crippen LogP contribution in [-0.2, 0) is 43.3 Å². The third-order valence-corrected chi connectivity index (χ3v) is 12.9. The Morgan fingerprint density at radius 1 is 0.714 bits per heavy atom. The number of amides is 3. The van der Waals surface area contributed by atoms with Crippen LogP contribution in [0.4, 0.5) is 13.6 Å². The van der Waals surface area contributed by atoms with Crippen LogP contribution in [0.3, 0.4) is 0 Å². The predicted molar refractivity (Wildman–Crippen MR) is 228 cm³/mol. The van der Waals surface area contributed by atoms with Gasteiger partial charge in [-0.2, -0.15) is 0 Å².